The monoisotopic (exact) mass is 470 g/mol. The Morgan fingerprint density at radius 1 is 1.14 bits per heavy atom. The topological polar surface area (TPSA) is 128 Å². The second kappa shape index (κ2) is 8.35. The van der Waals surface area contributed by atoms with Crippen molar-refractivity contribution in [2.45, 2.75) is 31.5 Å². The van der Waals surface area contributed by atoms with Crippen LogP contribution < -0.4 is 15.8 Å². The molecule has 2 aromatic heterocycles. The number of nitrogens with zero attached hydrogens (tertiary/aromatic N) is 4. The standard InChI is InChI=1S/C26H26N6O3/c1-35-21-5-3-2-4-16(21)26(34)28-12-14-6-8-15(9-7-14)23-22-24(27)29-13-30-25(22)32(31-23)19-11-20(33)18-10-17(18)19/h2-9,13,17-20,33H,10-12H2,1H3,(H,28,34)(H2,27,29,30)/t17?,18?,19-,20-/m1/s1. The van der Waals surface area contributed by atoms with Crippen LogP contribution in [0.3, 0.4) is 0 Å². The summed E-state index contributed by atoms with van der Waals surface area (Å²) in [7, 11) is 1.55. The molecule has 0 bridgehead atoms. The van der Waals surface area contributed by atoms with Gasteiger partial charge in [-0.05, 0) is 42.4 Å². The molecule has 9 heteroatoms. The maximum atomic E-state index is 12.6. The van der Waals surface area contributed by atoms with E-state index in [0.29, 0.717) is 47.6 Å². The van der Waals surface area contributed by atoms with Crippen LogP contribution in [0.2, 0.25) is 0 Å². The van der Waals surface area contributed by atoms with Crippen molar-refractivity contribution in [3.05, 3.63) is 66.0 Å². The van der Waals surface area contributed by atoms with Crippen LogP contribution in [-0.4, -0.2) is 44.0 Å². The van der Waals surface area contributed by atoms with E-state index in [1.165, 1.54) is 6.33 Å². The van der Waals surface area contributed by atoms with Gasteiger partial charge in [-0.1, -0.05) is 36.4 Å². The van der Waals surface area contributed by atoms with Gasteiger partial charge in [-0.25, -0.2) is 14.6 Å². The number of aliphatic hydroxyl groups excluding tert-OH is 1. The SMILES string of the molecule is COc1ccccc1C(=O)NCc1ccc(-c2nn([C@@H]3C[C@@H](O)C4CC43)c3ncnc(N)c23)cc1. The third kappa shape index (κ3) is 3.68. The van der Waals surface area contributed by atoms with E-state index in [1.807, 2.05) is 35.0 Å². The van der Waals surface area contributed by atoms with Gasteiger partial charge in [0.05, 0.1) is 30.2 Å². The van der Waals surface area contributed by atoms with Crippen molar-refractivity contribution >= 4 is 22.8 Å². The van der Waals surface area contributed by atoms with Crippen molar-refractivity contribution in [1.82, 2.24) is 25.1 Å². The fraction of sp³-hybridized carbons (Fsp3) is 0.308. The van der Waals surface area contributed by atoms with E-state index in [1.54, 1.807) is 25.3 Å². The molecule has 0 spiro atoms. The second-order valence-electron chi connectivity index (χ2n) is 9.26. The molecule has 2 aliphatic carbocycles. The number of aromatic nitrogens is 4. The molecule has 6 rings (SSSR count). The van der Waals surface area contributed by atoms with Crippen molar-refractivity contribution < 1.29 is 14.6 Å². The van der Waals surface area contributed by atoms with Gasteiger partial charge in [-0.2, -0.15) is 5.10 Å². The molecule has 4 atom stereocenters. The summed E-state index contributed by atoms with van der Waals surface area (Å²) in [5, 5.41) is 18.9. The maximum absolute atomic E-state index is 12.6. The highest BCUT2D eigenvalue weighted by molar-refractivity contribution is 5.98. The molecular weight excluding hydrogens is 444 g/mol. The Hall–Kier alpha value is -3.98. The van der Waals surface area contributed by atoms with Crippen molar-refractivity contribution in [1.29, 1.82) is 0 Å². The van der Waals surface area contributed by atoms with Crippen molar-refractivity contribution in [3.63, 3.8) is 0 Å². The third-order valence-electron chi connectivity index (χ3n) is 7.23. The lowest BCUT2D eigenvalue weighted by atomic mass is 10.1. The predicted octanol–water partition coefficient (Wildman–Crippen LogP) is 2.96. The Kier molecular flexibility index (Phi) is 5.14. The average molecular weight is 471 g/mol. The van der Waals surface area contributed by atoms with Crippen LogP contribution in [0.4, 0.5) is 5.82 Å². The number of amides is 1. The lowest BCUT2D eigenvalue weighted by Gasteiger charge is -2.14. The number of nitrogens with two attached hydrogens (primary N) is 1. The number of benzene rings is 2. The van der Waals surface area contributed by atoms with Gasteiger partial charge in [0.15, 0.2) is 5.65 Å². The van der Waals surface area contributed by atoms with Crippen LogP contribution in [0.5, 0.6) is 5.75 Å². The van der Waals surface area contributed by atoms with Gasteiger partial charge < -0.3 is 20.9 Å². The molecule has 2 aliphatic rings. The quantitative estimate of drug-likeness (QED) is 0.395. The summed E-state index contributed by atoms with van der Waals surface area (Å²) >= 11 is 0. The second-order valence-corrected chi connectivity index (χ2v) is 9.26. The van der Waals surface area contributed by atoms with Crippen LogP contribution in [0, 0.1) is 11.8 Å². The highest BCUT2D eigenvalue weighted by Gasteiger charge is 2.55. The molecule has 0 radical (unpaired) electrons. The Morgan fingerprint density at radius 3 is 2.66 bits per heavy atom. The zero-order valence-electron chi connectivity index (χ0n) is 19.3. The van der Waals surface area contributed by atoms with Gasteiger partial charge in [0.25, 0.3) is 5.91 Å². The molecule has 35 heavy (non-hydrogen) atoms. The predicted molar refractivity (Wildman–Crippen MR) is 131 cm³/mol. The molecule has 9 nitrogen and oxygen atoms in total. The van der Waals surface area contributed by atoms with Crippen LogP contribution in [0.25, 0.3) is 22.3 Å². The number of methoxy groups -OCH3 is 1. The number of nitrogen functional groups attached to an aromatic ring is 1. The fourth-order valence-electron chi connectivity index (χ4n) is 5.32. The molecule has 4 aromatic rings. The minimum Gasteiger partial charge on any atom is -0.496 e. The van der Waals surface area contributed by atoms with Gasteiger partial charge in [-0.15, -0.1) is 0 Å². The van der Waals surface area contributed by atoms with Crippen LogP contribution in [-0.2, 0) is 6.54 Å². The van der Waals surface area contributed by atoms with E-state index >= 15 is 0 Å². The Bertz CT molecular complexity index is 1420. The Labute approximate surface area is 202 Å². The Morgan fingerprint density at radius 2 is 1.94 bits per heavy atom. The minimum atomic E-state index is -0.280. The van der Waals surface area contributed by atoms with Crippen LogP contribution in [0.15, 0.2) is 54.9 Å². The van der Waals surface area contributed by atoms with Gasteiger partial charge in [0.1, 0.15) is 23.6 Å². The summed E-state index contributed by atoms with van der Waals surface area (Å²) in [6.07, 6.45) is 2.89. The van der Waals surface area contributed by atoms with Crippen LogP contribution >= 0.6 is 0 Å². The summed E-state index contributed by atoms with van der Waals surface area (Å²) in [5.74, 6) is 1.53. The van der Waals surface area contributed by atoms with E-state index in [4.69, 9.17) is 15.6 Å². The first-order valence-corrected chi connectivity index (χ1v) is 11.7. The molecule has 0 aliphatic heterocycles. The molecule has 2 aromatic carbocycles. The molecule has 2 fully saturated rings. The van der Waals surface area contributed by atoms with Gasteiger partial charge in [0.2, 0.25) is 0 Å². The molecule has 4 N–H and O–H groups in total. The summed E-state index contributed by atoms with van der Waals surface area (Å²) in [4.78, 5) is 21.3. The summed E-state index contributed by atoms with van der Waals surface area (Å²) in [6, 6.07) is 15.1. The minimum absolute atomic E-state index is 0.116. The number of fused-ring (bicyclic) bond motifs is 2. The number of anilines is 1. The lowest BCUT2D eigenvalue weighted by molar-refractivity contribution is 0.0948. The van der Waals surface area contributed by atoms with Gasteiger partial charge >= 0.3 is 0 Å². The largest absolute Gasteiger partial charge is 0.496 e. The smallest absolute Gasteiger partial charge is 0.255 e. The third-order valence-corrected chi connectivity index (χ3v) is 7.23. The molecule has 2 heterocycles. The zero-order chi connectivity index (χ0) is 24.1. The number of nitrogens with one attached hydrogen (secondary N) is 1. The first-order chi connectivity index (χ1) is 17.0. The maximum Gasteiger partial charge on any atom is 0.255 e. The van der Waals surface area contributed by atoms with E-state index in [2.05, 4.69) is 15.3 Å². The van der Waals surface area contributed by atoms with Crippen molar-refractivity contribution in [2.75, 3.05) is 12.8 Å². The number of hydrogen-bond acceptors (Lipinski definition) is 7. The summed E-state index contributed by atoms with van der Waals surface area (Å²) in [5.41, 5.74) is 10.0. The average Bonchev–Trinajstić information content (AvgIpc) is 3.49. The number of carbonyl (C=O) groups is 1. The number of carbonyl (C=O) groups excluding carboxylic acids is 1. The highest BCUT2D eigenvalue weighted by Crippen LogP contribution is 2.58. The van der Waals surface area contributed by atoms with E-state index in [-0.39, 0.29) is 18.1 Å². The number of rotatable bonds is 6. The van der Waals surface area contributed by atoms with Gasteiger partial charge in [0, 0.05) is 12.1 Å². The highest BCUT2D eigenvalue weighted by atomic mass is 16.5. The molecule has 1 amide bonds. The summed E-state index contributed by atoms with van der Waals surface area (Å²) < 4.78 is 7.21. The molecular formula is C26H26N6O3. The van der Waals surface area contributed by atoms with Crippen molar-refractivity contribution in [3.8, 4) is 17.0 Å². The first-order valence-electron chi connectivity index (χ1n) is 11.7. The van der Waals surface area contributed by atoms with E-state index < -0.39 is 0 Å². The Balaban J connectivity index is 1.25. The van der Waals surface area contributed by atoms with E-state index in [9.17, 15) is 9.90 Å². The van der Waals surface area contributed by atoms with Crippen LogP contribution in [0.1, 0.15) is 34.8 Å². The molecule has 0 saturated heterocycles. The fourth-order valence-corrected chi connectivity index (χ4v) is 5.32. The first kappa shape index (κ1) is 21.5. The van der Waals surface area contributed by atoms with E-state index in [0.717, 1.165) is 28.6 Å². The summed E-state index contributed by atoms with van der Waals surface area (Å²) in [6.45, 7) is 0.376. The number of ether oxygens (including phenoxy) is 1. The lowest BCUT2D eigenvalue weighted by Crippen LogP contribution is -2.23. The number of para-hydroxylation sites is 1. The number of aliphatic hydroxyl groups is 1. The number of hydrogen-bond donors (Lipinski definition) is 3. The molecule has 178 valence electrons. The van der Waals surface area contributed by atoms with Crippen molar-refractivity contribution in [2.24, 2.45) is 11.8 Å². The zero-order valence-corrected chi connectivity index (χ0v) is 19.3. The van der Waals surface area contributed by atoms with Gasteiger partial charge in [-0.3, -0.25) is 4.79 Å². The molecule has 2 unspecified atom stereocenters. The molecule has 2 saturated carbocycles. The normalized spacial score (nSPS) is 22.7.